The molecule has 0 unspecified atom stereocenters. The number of thiazole rings is 1. The molecule has 0 radical (unpaired) electrons. The van der Waals surface area contributed by atoms with Gasteiger partial charge in [0.15, 0.2) is 10.3 Å². The molecular formula is C7H5ClF3N3S. The Morgan fingerprint density at radius 1 is 1.53 bits per heavy atom. The van der Waals surface area contributed by atoms with Crippen LogP contribution in [0.2, 0.25) is 5.15 Å². The van der Waals surface area contributed by atoms with E-state index in [1.54, 1.807) is 6.07 Å². The van der Waals surface area contributed by atoms with Gasteiger partial charge in [0, 0.05) is 6.54 Å². The van der Waals surface area contributed by atoms with Gasteiger partial charge in [0.25, 0.3) is 0 Å². The number of aromatic nitrogens is 1. The lowest BCUT2D eigenvalue weighted by Gasteiger charge is -2.05. The molecule has 1 heterocycles. The summed E-state index contributed by atoms with van der Waals surface area (Å²) in [7, 11) is 0. The van der Waals surface area contributed by atoms with E-state index in [1.165, 1.54) is 0 Å². The molecule has 0 bridgehead atoms. The molecule has 15 heavy (non-hydrogen) atoms. The van der Waals surface area contributed by atoms with Gasteiger partial charge in [0.1, 0.15) is 10.9 Å². The first-order chi connectivity index (χ1) is 6.92. The lowest BCUT2D eigenvalue weighted by Crippen LogP contribution is -2.14. The third-order valence-corrected chi connectivity index (χ3v) is 2.68. The second-order valence-corrected chi connectivity index (χ2v) is 3.90. The first-order valence-electron chi connectivity index (χ1n) is 3.79. The molecule has 8 heteroatoms. The Balaban J connectivity index is 2.49. The largest absolute Gasteiger partial charge is 0.390 e. The van der Waals surface area contributed by atoms with Crippen LogP contribution < -0.4 is 5.32 Å². The van der Waals surface area contributed by atoms with Gasteiger partial charge in [-0.15, -0.1) is 0 Å². The molecule has 3 nitrogen and oxygen atoms in total. The molecule has 0 saturated heterocycles. The molecular weight excluding hydrogens is 251 g/mol. The van der Waals surface area contributed by atoms with E-state index in [9.17, 15) is 13.2 Å². The monoisotopic (exact) mass is 255 g/mol. The number of nitrogens with zero attached hydrogens (tertiary/aromatic N) is 2. The highest BCUT2D eigenvalue weighted by Crippen LogP contribution is 2.26. The minimum Gasteiger partial charge on any atom is -0.361 e. The quantitative estimate of drug-likeness (QED) is 0.903. The van der Waals surface area contributed by atoms with Crippen molar-refractivity contribution >= 4 is 28.1 Å². The van der Waals surface area contributed by atoms with Gasteiger partial charge in [-0.25, -0.2) is 4.98 Å². The number of hydrogen-bond donors (Lipinski definition) is 1. The molecule has 82 valence electrons. The maximum atomic E-state index is 11.8. The molecule has 1 aromatic heterocycles. The summed E-state index contributed by atoms with van der Waals surface area (Å²) < 4.78 is 35.3. The first kappa shape index (κ1) is 12.1. The van der Waals surface area contributed by atoms with E-state index < -0.39 is 12.6 Å². The Bertz CT molecular complexity index is 382. The van der Waals surface area contributed by atoms with Crippen LogP contribution in [0.4, 0.5) is 18.3 Å². The van der Waals surface area contributed by atoms with Crippen molar-refractivity contribution in [1.29, 1.82) is 5.26 Å². The standard InChI is InChI=1S/C7H5ClF3N3S/c8-5-4(3-12)15-6(14-5)13-2-1-7(9,10)11/h1-2H2,(H,13,14). The average Bonchev–Trinajstić information content (AvgIpc) is 2.44. The number of rotatable bonds is 3. The van der Waals surface area contributed by atoms with Crippen molar-refractivity contribution in [2.75, 3.05) is 11.9 Å². The Labute approximate surface area is 92.5 Å². The molecule has 0 spiro atoms. The van der Waals surface area contributed by atoms with Gasteiger partial charge in [-0.1, -0.05) is 22.9 Å². The summed E-state index contributed by atoms with van der Waals surface area (Å²) in [5, 5.41) is 11.2. The predicted molar refractivity (Wildman–Crippen MR) is 51.0 cm³/mol. The number of nitriles is 1. The van der Waals surface area contributed by atoms with E-state index in [0.717, 1.165) is 11.3 Å². The van der Waals surface area contributed by atoms with E-state index >= 15 is 0 Å². The predicted octanol–water partition coefficient (Wildman–Crippen LogP) is 3.03. The summed E-state index contributed by atoms with van der Waals surface area (Å²) in [5.41, 5.74) is 0. The molecule has 1 rings (SSSR count). The van der Waals surface area contributed by atoms with E-state index in [2.05, 4.69) is 10.3 Å². The highest BCUT2D eigenvalue weighted by atomic mass is 35.5. The summed E-state index contributed by atoms with van der Waals surface area (Å²) in [5.74, 6) is 0. The van der Waals surface area contributed by atoms with Crippen LogP contribution in [0.15, 0.2) is 0 Å². The smallest absolute Gasteiger partial charge is 0.361 e. The molecule has 0 aliphatic heterocycles. The molecule has 1 aromatic rings. The zero-order chi connectivity index (χ0) is 11.5. The number of anilines is 1. The van der Waals surface area contributed by atoms with Gasteiger partial charge in [-0.2, -0.15) is 18.4 Å². The van der Waals surface area contributed by atoms with Gasteiger partial charge in [-0.05, 0) is 0 Å². The van der Waals surface area contributed by atoms with Crippen molar-refractivity contribution in [1.82, 2.24) is 4.98 Å². The highest BCUT2D eigenvalue weighted by molar-refractivity contribution is 7.16. The first-order valence-corrected chi connectivity index (χ1v) is 4.99. The van der Waals surface area contributed by atoms with Crippen LogP contribution in [-0.4, -0.2) is 17.7 Å². The number of hydrogen-bond acceptors (Lipinski definition) is 4. The summed E-state index contributed by atoms with van der Waals surface area (Å²) >= 11 is 6.46. The normalized spacial score (nSPS) is 11.1. The third kappa shape index (κ3) is 3.93. The Morgan fingerprint density at radius 2 is 2.20 bits per heavy atom. The molecule has 0 atom stereocenters. The van der Waals surface area contributed by atoms with Gasteiger partial charge in [0.05, 0.1) is 6.42 Å². The molecule has 0 saturated carbocycles. The third-order valence-electron chi connectivity index (χ3n) is 1.37. The molecule has 0 fully saturated rings. The molecule has 1 N–H and O–H groups in total. The average molecular weight is 256 g/mol. The SMILES string of the molecule is N#Cc1sc(NCCC(F)(F)F)nc1Cl. The van der Waals surface area contributed by atoms with Crippen molar-refractivity contribution in [2.24, 2.45) is 0 Å². The van der Waals surface area contributed by atoms with Crippen molar-refractivity contribution < 1.29 is 13.2 Å². The minimum absolute atomic E-state index is 0.0111. The zero-order valence-electron chi connectivity index (χ0n) is 7.23. The second kappa shape index (κ2) is 4.68. The lowest BCUT2D eigenvalue weighted by atomic mass is 10.4. The van der Waals surface area contributed by atoms with Crippen LogP contribution in [0.1, 0.15) is 11.3 Å². The van der Waals surface area contributed by atoms with Gasteiger partial charge >= 0.3 is 6.18 Å². The fraction of sp³-hybridized carbons (Fsp3) is 0.429. The fourth-order valence-electron chi connectivity index (χ4n) is 0.757. The van der Waals surface area contributed by atoms with Crippen LogP contribution >= 0.6 is 22.9 Å². The van der Waals surface area contributed by atoms with Crippen molar-refractivity contribution in [3.63, 3.8) is 0 Å². The maximum Gasteiger partial charge on any atom is 0.390 e. The van der Waals surface area contributed by atoms with Gasteiger partial charge in [0.2, 0.25) is 0 Å². The maximum absolute atomic E-state index is 11.8. The van der Waals surface area contributed by atoms with Crippen LogP contribution in [0, 0.1) is 11.3 Å². The topological polar surface area (TPSA) is 48.7 Å². The zero-order valence-corrected chi connectivity index (χ0v) is 8.80. The van der Waals surface area contributed by atoms with Crippen LogP contribution in [0.5, 0.6) is 0 Å². The van der Waals surface area contributed by atoms with Crippen molar-refractivity contribution in [3.05, 3.63) is 10.0 Å². The van der Waals surface area contributed by atoms with Crippen molar-refractivity contribution in [2.45, 2.75) is 12.6 Å². The van der Waals surface area contributed by atoms with Gasteiger partial charge < -0.3 is 5.32 Å². The molecule has 0 aliphatic rings. The highest BCUT2D eigenvalue weighted by Gasteiger charge is 2.26. The summed E-state index contributed by atoms with van der Waals surface area (Å²) in [6, 6.07) is 1.78. The fourth-order valence-corrected chi connectivity index (χ4v) is 1.73. The van der Waals surface area contributed by atoms with Gasteiger partial charge in [-0.3, -0.25) is 0 Å². The summed E-state index contributed by atoms with van der Waals surface area (Å²) in [6.07, 6.45) is -5.15. The second-order valence-electron chi connectivity index (χ2n) is 2.54. The van der Waals surface area contributed by atoms with E-state index in [4.69, 9.17) is 16.9 Å². The van der Waals surface area contributed by atoms with Crippen LogP contribution in [0.25, 0.3) is 0 Å². The molecule has 0 aliphatic carbocycles. The van der Waals surface area contributed by atoms with E-state index in [0.29, 0.717) is 0 Å². The Morgan fingerprint density at radius 3 is 2.67 bits per heavy atom. The summed E-state index contributed by atoms with van der Waals surface area (Å²) in [4.78, 5) is 3.87. The van der Waals surface area contributed by atoms with Crippen LogP contribution in [-0.2, 0) is 0 Å². The van der Waals surface area contributed by atoms with Crippen LogP contribution in [0.3, 0.4) is 0 Å². The Kier molecular flexibility index (Phi) is 3.77. The molecule has 0 amide bonds. The number of halogens is 4. The van der Waals surface area contributed by atoms with E-state index in [1.807, 2.05) is 0 Å². The minimum atomic E-state index is -4.20. The lowest BCUT2D eigenvalue weighted by molar-refractivity contribution is -0.131. The number of nitrogens with one attached hydrogen (secondary N) is 1. The van der Waals surface area contributed by atoms with Crippen molar-refractivity contribution in [3.8, 4) is 6.07 Å². The number of alkyl halides is 3. The summed E-state index contributed by atoms with van der Waals surface area (Å²) in [6.45, 7) is -0.280. The Hall–Kier alpha value is -1.00. The van der Waals surface area contributed by atoms with E-state index in [-0.39, 0.29) is 21.7 Å². The molecule has 0 aromatic carbocycles.